The van der Waals surface area contributed by atoms with Crippen molar-refractivity contribution in [1.82, 2.24) is 10.3 Å². The second kappa shape index (κ2) is 7.36. The van der Waals surface area contributed by atoms with Crippen molar-refractivity contribution in [3.05, 3.63) is 33.1 Å². The van der Waals surface area contributed by atoms with E-state index in [0.29, 0.717) is 0 Å². The molecular formula is C10H10ClN3O6. The van der Waals surface area contributed by atoms with Crippen LogP contribution in [0.3, 0.4) is 0 Å². The molecule has 1 amide bonds. The molecule has 20 heavy (non-hydrogen) atoms. The minimum absolute atomic E-state index is 0.00318. The molecule has 0 spiro atoms. The molecule has 1 rings (SSSR count). The number of hydrogen-bond acceptors (Lipinski definition) is 6. The molecule has 10 heteroatoms. The summed E-state index contributed by atoms with van der Waals surface area (Å²) in [4.78, 5) is 35.4. The van der Waals surface area contributed by atoms with Gasteiger partial charge < -0.3 is 15.2 Å². The van der Waals surface area contributed by atoms with E-state index in [0.717, 1.165) is 6.07 Å². The van der Waals surface area contributed by atoms with Crippen molar-refractivity contribution in [2.45, 2.75) is 0 Å². The fourth-order valence-electron chi connectivity index (χ4n) is 1.28. The maximum absolute atomic E-state index is 11.7. The third-order valence-electron chi connectivity index (χ3n) is 2.06. The Morgan fingerprint density at radius 2 is 2.25 bits per heavy atom. The summed E-state index contributed by atoms with van der Waals surface area (Å²) in [6, 6.07) is 1.16. The summed E-state index contributed by atoms with van der Waals surface area (Å²) in [6.45, 7) is -0.523. The molecule has 0 atom stereocenters. The Labute approximate surface area is 117 Å². The molecule has 1 aromatic heterocycles. The first kappa shape index (κ1) is 15.8. The van der Waals surface area contributed by atoms with E-state index in [-0.39, 0.29) is 23.9 Å². The van der Waals surface area contributed by atoms with Crippen LogP contribution in [0.25, 0.3) is 0 Å². The molecular weight excluding hydrogens is 294 g/mol. The molecule has 0 aliphatic carbocycles. The predicted molar refractivity (Wildman–Crippen MR) is 66.7 cm³/mol. The van der Waals surface area contributed by atoms with Crippen LogP contribution in [-0.2, 0) is 9.53 Å². The zero-order valence-electron chi connectivity index (χ0n) is 10.0. The lowest BCUT2D eigenvalue weighted by Crippen LogP contribution is -2.28. The number of rotatable bonds is 7. The van der Waals surface area contributed by atoms with Gasteiger partial charge in [-0.1, -0.05) is 11.6 Å². The van der Waals surface area contributed by atoms with Gasteiger partial charge in [0.05, 0.1) is 11.5 Å². The van der Waals surface area contributed by atoms with Gasteiger partial charge in [-0.05, 0) is 6.07 Å². The number of amides is 1. The number of carboxylic acids is 1. The van der Waals surface area contributed by atoms with Gasteiger partial charge in [0.1, 0.15) is 12.2 Å². The number of aliphatic carboxylic acids is 1. The molecule has 0 radical (unpaired) electrons. The number of aromatic nitrogens is 1. The van der Waals surface area contributed by atoms with Crippen LogP contribution in [-0.4, -0.2) is 46.6 Å². The fourth-order valence-corrected chi connectivity index (χ4v) is 1.50. The summed E-state index contributed by atoms with van der Waals surface area (Å²) in [5.41, 5.74) is -0.814. The average molecular weight is 304 g/mol. The Morgan fingerprint density at radius 3 is 2.85 bits per heavy atom. The van der Waals surface area contributed by atoms with Gasteiger partial charge in [-0.25, -0.2) is 9.78 Å². The second-order valence-electron chi connectivity index (χ2n) is 3.46. The van der Waals surface area contributed by atoms with Gasteiger partial charge >= 0.3 is 11.7 Å². The van der Waals surface area contributed by atoms with E-state index in [4.69, 9.17) is 21.4 Å². The summed E-state index contributed by atoms with van der Waals surface area (Å²) < 4.78 is 4.70. The fraction of sp³-hybridized carbons (Fsp3) is 0.300. The number of ether oxygens (including phenoxy) is 1. The second-order valence-corrected chi connectivity index (χ2v) is 3.82. The SMILES string of the molecule is O=C(O)COCCNC(=O)c1ccnc(Cl)c1[N+](=O)[O-]. The number of nitro groups is 1. The smallest absolute Gasteiger partial charge is 0.329 e. The molecule has 0 bridgehead atoms. The van der Waals surface area contributed by atoms with E-state index in [1.807, 2.05) is 0 Å². The van der Waals surface area contributed by atoms with Gasteiger partial charge in [0.2, 0.25) is 5.15 Å². The Balaban J connectivity index is 2.62. The molecule has 9 nitrogen and oxygen atoms in total. The van der Waals surface area contributed by atoms with Gasteiger partial charge in [-0.3, -0.25) is 14.9 Å². The zero-order valence-corrected chi connectivity index (χ0v) is 10.8. The molecule has 0 saturated heterocycles. The van der Waals surface area contributed by atoms with Crippen LogP contribution in [0.2, 0.25) is 5.15 Å². The van der Waals surface area contributed by atoms with Crippen molar-refractivity contribution >= 4 is 29.2 Å². The summed E-state index contributed by atoms with van der Waals surface area (Å²) in [5, 5.41) is 21.1. The van der Waals surface area contributed by atoms with Crippen molar-refractivity contribution in [2.24, 2.45) is 0 Å². The minimum Gasteiger partial charge on any atom is -0.480 e. The minimum atomic E-state index is -1.13. The van der Waals surface area contributed by atoms with Crippen LogP contribution in [0.4, 0.5) is 5.69 Å². The number of nitrogens with one attached hydrogen (secondary N) is 1. The molecule has 1 aromatic rings. The van der Waals surface area contributed by atoms with E-state index < -0.39 is 29.1 Å². The van der Waals surface area contributed by atoms with Crippen LogP contribution in [0.1, 0.15) is 10.4 Å². The van der Waals surface area contributed by atoms with E-state index in [9.17, 15) is 19.7 Å². The molecule has 0 aliphatic heterocycles. The predicted octanol–water partition coefficient (Wildman–Crippen LogP) is 0.474. The van der Waals surface area contributed by atoms with Crippen LogP contribution in [0.5, 0.6) is 0 Å². The highest BCUT2D eigenvalue weighted by atomic mass is 35.5. The number of pyridine rings is 1. The van der Waals surface area contributed by atoms with Gasteiger partial charge in [0.15, 0.2) is 0 Å². The molecule has 108 valence electrons. The largest absolute Gasteiger partial charge is 0.480 e. The summed E-state index contributed by atoms with van der Waals surface area (Å²) in [5.74, 6) is -1.85. The Bertz CT molecular complexity index is 536. The Kier molecular flexibility index (Phi) is 5.81. The lowest BCUT2D eigenvalue weighted by molar-refractivity contribution is -0.385. The first-order chi connectivity index (χ1) is 9.43. The van der Waals surface area contributed by atoms with Crippen molar-refractivity contribution in [3.8, 4) is 0 Å². The maximum Gasteiger partial charge on any atom is 0.329 e. The lowest BCUT2D eigenvalue weighted by Gasteiger charge is -2.06. The van der Waals surface area contributed by atoms with Crippen molar-refractivity contribution in [3.63, 3.8) is 0 Å². The van der Waals surface area contributed by atoms with Gasteiger partial charge in [-0.15, -0.1) is 0 Å². The molecule has 1 heterocycles. The number of carbonyl (C=O) groups excluding carboxylic acids is 1. The molecule has 0 fully saturated rings. The highest BCUT2D eigenvalue weighted by molar-refractivity contribution is 6.32. The van der Waals surface area contributed by atoms with Gasteiger partial charge in [0.25, 0.3) is 5.91 Å². The first-order valence-electron chi connectivity index (χ1n) is 5.30. The Hall–Kier alpha value is -2.26. The van der Waals surface area contributed by atoms with Crippen molar-refractivity contribution in [1.29, 1.82) is 0 Å². The first-order valence-corrected chi connectivity index (χ1v) is 5.68. The highest BCUT2D eigenvalue weighted by Gasteiger charge is 2.24. The molecule has 0 aliphatic rings. The van der Waals surface area contributed by atoms with Crippen molar-refractivity contribution < 1.29 is 24.4 Å². The van der Waals surface area contributed by atoms with E-state index >= 15 is 0 Å². The van der Waals surface area contributed by atoms with E-state index in [1.54, 1.807) is 0 Å². The van der Waals surface area contributed by atoms with E-state index in [2.05, 4.69) is 10.3 Å². The summed E-state index contributed by atoms with van der Waals surface area (Å²) in [6.07, 6.45) is 1.17. The van der Waals surface area contributed by atoms with Crippen molar-refractivity contribution in [2.75, 3.05) is 19.8 Å². The topological polar surface area (TPSA) is 132 Å². The zero-order chi connectivity index (χ0) is 15.1. The summed E-state index contributed by atoms with van der Waals surface area (Å²) in [7, 11) is 0. The Morgan fingerprint density at radius 1 is 1.55 bits per heavy atom. The molecule has 0 aromatic carbocycles. The molecule has 2 N–H and O–H groups in total. The van der Waals surface area contributed by atoms with Gasteiger partial charge in [-0.2, -0.15) is 0 Å². The average Bonchev–Trinajstić information content (AvgIpc) is 2.36. The van der Waals surface area contributed by atoms with Crippen LogP contribution in [0, 0.1) is 10.1 Å². The van der Waals surface area contributed by atoms with E-state index in [1.165, 1.54) is 6.20 Å². The third-order valence-corrected chi connectivity index (χ3v) is 2.34. The van der Waals surface area contributed by atoms with Crippen LogP contribution < -0.4 is 5.32 Å². The quantitative estimate of drug-likeness (QED) is 0.324. The molecule has 0 saturated carbocycles. The summed E-state index contributed by atoms with van der Waals surface area (Å²) >= 11 is 5.56. The van der Waals surface area contributed by atoms with Crippen LogP contribution in [0.15, 0.2) is 12.3 Å². The lowest BCUT2D eigenvalue weighted by atomic mass is 10.2. The standard InChI is InChI=1S/C10H10ClN3O6/c11-9-8(14(18)19)6(1-2-12-9)10(17)13-3-4-20-5-7(15)16/h1-2H,3-5H2,(H,13,17)(H,15,16). The number of carbonyl (C=O) groups is 2. The van der Waals surface area contributed by atoms with Gasteiger partial charge in [0, 0.05) is 12.7 Å². The number of carboxylic acid groups (broad SMARTS) is 1. The maximum atomic E-state index is 11.7. The van der Waals surface area contributed by atoms with Crippen LogP contribution >= 0.6 is 11.6 Å². The molecule has 0 unspecified atom stereocenters. The number of nitrogens with zero attached hydrogens (tertiary/aromatic N) is 2. The normalized spacial score (nSPS) is 10.1. The third kappa shape index (κ3) is 4.44. The highest BCUT2D eigenvalue weighted by Crippen LogP contribution is 2.25. The number of hydrogen-bond donors (Lipinski definition) is 2. The number of halogens is 1. The monoisotopic (exact) mass is 303 g/mol.